The minimum atomic E-state index is -1.06. The van der Waals surface area contributed by atoms with Gasteiger partial charge in [-0.3, -0.25) is 14.5 Å². The molecule has 43 heavy (non-hydrogen) atoms. The molecule has 0 amide bonds. The summed E-state index contributed by atoms with van der Waals surface area (Å²) in [5, 5.41) is 23.3. The number of benzene rings is 3. The molecule has 9 nitrogen and oxygen atoms in total. The topological polar surface area (TPSA) is 135 Å². The Balaban J connectivity index is 1.27. The van der Waals surface area contributed by atoms with E-state index in [1.165, 1.54) is 28.8 Å². The number of carbonyl (C=O) groups is 3. The summed E-state index contributed by atoms with van der Waals surface area (Å²) in [6.07, 6.45) is 2.64. The predicted octanol–water partition coefficient (Wildman–Crippen LogP) is 4.23. The molecule has 0 saturated carbocycles. The number of nitrogens with zero attached hydrogens (tertiary/aromatic N) is 1. The lowest BCUT2D eigenvalue weighted by Crippen LogP contribution is -2.35. The Bertz CT molecular complexity index is 1530. The molecule has 2 unspecified atom stereocenters. The van der Waals surface area contributed by atoms with Gasteiger partial charge in [0.15, 0.2) is 17.3 Å². The van der Waals surface area contributed by atoms with Gasteiger partial charge in [-0.1, -0.05) is 50.2 Å². The lowest BCUT2D eigenvalue weighted by Gasteiger charge is -2.27. The van der Waals surface area contributed by atoms with Crippen LogP contribution in [0.15, 0.2) is 60.7 Å². The van der Waals surface area contributed by atoms with Crippen LogP contribution in [0.4, 0.5) is 0 Å². The Kier molecular flexibility index (Phi) is 7.94. The zero-order valence-electron chi connectivity index (χ0n) is 24.3. The third kappa shape index (κ3) is 5.62. The molecule has 0 bridgehead atoms. The molecule has 224 valence electrons. The number of likely N-dealkylation sites (tertiary alicyclic amines) is 1. The van der Waals surface area contributed by atoms with Crippen LogP contribution >= 0.6 is 0 Å². The van der Waals surface area contributed by atoms with Crippen LogP contribution in [0.3, 0.4) is 0 Å². The molecular weight excluding hydrogens is 548 g/mol. The zero-order valence-corrected chi connectivity index (χ0v) is 24.3. The number of rotatable bonds is 11. The Hall–Kier alpha value is -4.21. The van der Waals surface area contributed by atoms with Crippen molar-refractivity contribution in [2.24, 2.45) is 5.92 Å². The highest BCUT2D eigenvalue weighted by molar-refractivity contribution is 5.90. The highest BCUT2D eigenvalue weighted by Crippen LogP contribution is 2.47. The number of aliphatic carboxylic acids is 1. The Morgan fingerprint density at radius 1 is 0.907 bits per heavy atom. The number of carboxylic acid groups (broad SMARTS) is 2. The second kappa shape index (κ2) is 11.8. The molecule has 9 heteroatoms. The molecule has 2 saturated heterocycles. The summed E-state index contributed by atoms with van der Waals surface area (Å²) in [5.74, 6) is -2.11. The van der Waals surface area contributed by atoms with E-state index in [0.29, 0.717) is 23.6 Å². The molecule has 3 heterocycles. The largest absolute Gasteiger partial charge is 0.481 e. The maximum atomic E-state index is 13.7. The quantitative estimate of drug-likeness (QED) is 0.283. The van der Waals surface area contributed by atoms with E-state index in [0.717, 1.165) is 24.8 Å². The molecule has 3 aromatic rings. The van der Waals surface area contributed by atoms with Crippen molar-refractivity contribution in [3.05, 3.63) is 94.0 Å². The van der Waals surface area contributed by atoms with E-state index in [9.17, 15) is 24.6 Å². The fraction of sp³-hybridized carbons (Fsp3) is 0.382. The van der Waals surface area contributed by atoms with Crippen molar-refractivity contribution in [1.29, 1.82) is 0 Å². The number of fused-ring (bicyclic) bond motifs is 1. The first-order valence-corrected chi connectivity index (χ1v) is 14.9. The number of carbonyl (C=O) groups excluding carboxylic acids is 1. The highest BCUT2D eigenvalue weighted by atomic mass is 16.7. The van der Waals surface area contributed by atoms with E-state index in [1.807, 2.05) is 17.0 Å². The summed E-state index contributed by atoms with van der Waals surface area (Å²) in [7, 11) is 0. The van der Waals surface area contributed by atoms with Crippen LogP contribution < -0.4 is 14.8 Å². The first-order chi connectivity index (χ1) is 20.8. The van der Waals surface area contributed by atoms with Gasteiger partial charge in [-0.15, -0.1) is 0 Å². The minimum Gasteiger partial charge on any atom is -0.481 e. The van der Waals surface area contributed by atoms with Crippen molar-refractivity contribution < 1.29 is 34.1 Å². The molecule has 3 N–H and O–H groups in total. The van der Waals surface area contributed by atoms with E-state index in [4.69, 9.17) is 9.47 Å². The van der Waals surface area contributed by atoms with Crippen molar-refractivity contribution in [1.82, 2.24) is 10.2 Å². The van der Waals surface area contributed by atoms with Gasteiger partial charge in [0, 0.05) is 24.5 Å². The zero-order chi connectivity index (χ0) is 30.2. The molecule has 5 atom stereocenters. The van der Waals surface area contributed by atoms with E-state index in [-0.39, 0.29) is 36.8 Å². The van der Waals surface area contributed by atoms with Crippen LogP contribution in [0.25, 0.3) is 0 Å². The minimum absolute atomic E-state index is 0.0275. The molecule has 0 spiro atoms. The number of nitrogens with one attached hydrogen (secondary N) is 1. The fourth-order valence-corrected chi connectivity index (χ4v) is 6.89. The van der Waals surface area contributed by atoms with Crippen molar-refractivity contribution in [2.45, 2.75) is 57.2 Å². The monoisotopic (exact) mass is 584 g/mol. The Labute approximate surface area is 250 Å². The average Bonchev–Trinajstić information content (AvgIpc) is 3.44. The van der Waals surface area contributed by atoms with Gasteiger partial charge in [0.1, 0.15) is 0 Å². The summed E-state index contributed by atoms with van der Waals surface area (Å²) < 4.78 is 11.0. The van der Waals surface area contributed by atoms with Crippen LogP contribution in [0.1, 0.15) is 64.0 Å². The molecule has 3 aliphatic rings. The maximum Gasteiger partial charge on any atom is 0.335 e. The van der Waals surface area contributed by atoms with Gasteiger partial charge in [0.05, 0.1) is 24.1 Å². The normalized spacial score (nSPS) is 24.2. The standard InChI is InChI=1S/C34H36N2O7/c1-3-19-6-5-7-20(4-2)24(19)15-26-31(35-26)27(37)17-36-16-25(23-12-13-28-29(14-23)43-18-42-28)30(34(40)41)32(36)21-8-10-22(11-9-21)33(38)39/h5-14,25-26,30-32,35H,3-4,15-18H2,1-2H3,(H,38,39)(H,40,41)/t25-,26?,30-,31?,32+/m1/s1. The van der Waals surface area contributed by atoms with Crippen LogP contribution in [0.2, 0.25) is 0 Å². The third-order valence-corrected chi connectivity index (χ3v) is 9.16. The van der Waals surface area contributed by atoms with Crippen LogP contribution in [-0.2, 0) is 28.9 Å². The Morgan fingerprint density at radius 3 is 2.23 bits per heavy atom. The average molecular weight is 585 g/mol. The summed E-state index contributed by atoms with van der Waals surface area (Å²) in [5.41, 5.74) is 5.50. The van der Waals surface area contributed by atoms with Gasteiger partial charge in [-0.05, 0) is 71.3 Å². The predicted molar refractivity (Wildman–Crippen MR) is 159 cm³/mol. The van der Waals surface area contributed by atoms with Crippen molar-refractivity contribution in [3.8, 4) is 11.5 Å². The summed E-state index contributed by atoms with van der Waals surface area (Å²) in [4.78, 5) is 40.0. The molecule has 0 aromatic heterocycles. The molecular formula is C34H36N2O7. The molecule has 3 aromatic carbocycles. The lowest BCUT2D eigenvalue weighted by molar-refractivity contribution is -0.143. The van der Waals surface area contributed by atoms with Gasteiger partial charge >= 0.3 is 11.9 Å². The maximum absolute atomic E-state index is 13.7. The first-order valence-electron chi connectivity index (χ1n) is 14.9. The third-order valence-electron chi connectivity index (χ3n) is 9.16. The molecule has 0 radical (unpaired) electrons. The summed E-state index contributed by atoms with van der Waals surface area (Å²) in [6, 6.07) is 17.3. The van der Waals surface area contributed by atoms with Gasteiger partial charge in [0.25, 0.3) is 0 Å². The van der Waals surface area contributed by atoms with E-state index in [2.05, 4.69) is 37.4 Å². The fourth-order valence-electron chi connectivity index (χ4n) is 6.89. The summed E-state index contributed by atoms with van der Waals surface area (Å²) >= 11 is 0. The van der Waals surface area contributed by atoms with Gasteiger partial charge in [-0.25, -0.2) is 4.79 Å². The molecule has 2 fully saturated rings. The number of aryl methyl sites for hydroxylation is 2. The summed E-state index contributed by atoms with van der Waals surface area (Å²) in [6.45, 7) is 4.84. The number of Topliss-reactive ketones (excluding diaryl/α,β-unsaturated/α-hetero) is 1. The number of aromatic carboxylic acids is 1. The van der Waals surface area contributed by atoms with Crippen molar-refractivity contribution in [3.63, 3.8) is 0 Å². The number of carboxylic acids is 2. The van der Waals surface area contributed by atoms with Gasteiger partial charge < -0.3 is 25.0 Å². The van der Waals surface area contributed by atoms with E-state index in [1.54, 1.807) is 18.2 Å². The second-order valence-corrected chi connectivity index (χ2v) is 11.6. The molecule has 3 aliphatic heterocycles. The van der Waals surface area contributed by atoms with Crippen molar-refractivity contribution in [2.75, 3.05) is 19.9 Å². The van der Waals surface area contributed by atoms with E-state index < -0.39 is 29.8 Å². The number of ketones is 1. The Morgan fingerprint density at radius 2 is 1.58 bits per heavy atom. The smallest absolute Gasteiger partial charge is 0.335 e. The first kappa shape index (κ1) is 28.9. The van der Waals surface area contributed by atoms with Crippen LogP contribution in [-0.4, -0.2) is 64.8 Å². The SMILES string of the molecule is CCc1cccc(CC)c1CC1NC1C(=O)CN1C[C@H](c2ccc3c(c2)OCO3)[C@@H](C(=O)O)[C@@H]1c1ccc(C(=O)O)cc1. The number of hydrogen-bond donors (Lipinski definition) is 3. The van der Waals surface area contributed by atoms with Crippen LogP contribution in [0.5, 0.6) is 11.5 Å². The number of hydrogen-bond acceptors (Lipinski definition) is 7. The number of ether oxygens (including phenoxy) is 2. The second-order valence-electron chi connectivity index (χ2n) is 11.6. The van der Waals surface area contributed by atoms with Crippen molar-refractivity contribution >= 4 is 17.7 Å². The van der Waals surface area contributed by atoms with E-state index >= 15 is 0 Å². The lowest BCUT2D eigenvalue weighted by atomic mass is 9.82. The van der Waals surface area contributed by atoms with Crippen LogP contribution in [0, 0.1) is 5.92 Å². The van der Waals surface area contributed by atoms with Gasteiger partial charge in [0.2, 0.25) is 6.79 Å². The van der Waals surface area contributed by atoms with Gasteiger partial charge in [-0.2, -0.15) is 0 Å². The molecule has 6 rings (SSSR count). The molecule has 0 aliphatic carbocycles. The highest BCUT2D eigenvalue weighted by Gasteiger charge is 2.50.